The fourth-order valence-electron chi connectivity index (χ4n) is 3.23. The number of halogens is 1. The van der Waals surface area contributed by atoms with Gasteiger partial charge in [-0.05, 0) is 31.6 Å². The maximum atomic E-state index is 5.53. The molecule has 2 rings (SSSR count). The van der Waals surface area contributed by atoms with Gasteiger partial charge in [0.1, 0.15) is 0 Å². The van der Waals surface area contributed by atoms with Gasteiger partial charge in [0, 0.05) is 57.3 Å². The van der Waals surface area contributed by atoms with E-state index >= 15 is 0 Å². The van der Waals surface area contributed by atoms with Gasteiger partial charge in [-0.15, -0.1) is 0 Å². The van der Waals surface area contributed by atoms with Crippen LogP contribution in [0.5, 0.6) is 0 Å². The topological polar surface area (TPSA) is 15.7 Å². The van der Waals surface area contributed by atoms with Crippen LogP contribution in [0.4, 0.5) is 0 Å². The Morgan fingerprint density at radius 1 is 1.16 bits per heavy atom. The van der Waals surface area contributed by atoms with E-state index in [-0.39, 0.29) is 0 Å². The minimum atomic E-state index is 0.455. The smallest absolute Gasteiger partial charge is 0.0472 e. The molecule has 0 radical (unpaired) electrons. The minimum absolute atomic E-state index is 0.455. The summed E-state index contributed by atoms with van der Waals surface area (Å²) in [4.78, 5) is 5.31. The van der Waals surface area contributed by atoms with Gasteiger partial charge in [0.25, 0.3) is 0 Å². The van der Waals surface area contributed by atoms with Crippen LogP contribution >= 0.6 is 15.9 Å². The largest absolute Gasteiger partial charge is 0.381 e. The Morgan fingerprint density at radius 3 is 2.32 bits per heavy atom. The van der Waals surface area contributed by atoms with Crippen LogP contribution in [0.3, 0.4) is 0 Å². The Bertz CT molecular complexity index is 261. The molecule has 0 bridgehead atoms. The second kappa shape index (κ2) is 7.39. The summed E-state index contributed by atoms with van der Waals surface area (Å²) >= 11 is 3.75. The number of ether oxygens (including phenoxy) is 1. The monoisotopic (exact) mass is 332 g/mol. The first-order chi connectivity index (χ1) is 9.19. The van der Waals surface area contributed by atoms with Crippen molar-refractivity contribution >= 4 is 15.9 Å². The van der Waals surface area contributed by atoms with Crippen molar-refractivity contribution in [2.45, 2.75) is 39.2 Å². The summed E-state index contributed by atoms with van der Waals surface area (Å²) in [6.45, 7) is 12.7. The molecule has 2 aliphatic rings. The fourth-order valence-corrected chi connectivity index (χ4v) is 3.97. The summed E-state index contributed by atoms with van der Waals surface area (Å²) in [7, 11) is 0. The predicted octanol–water partition coefficient (Wildman–Crippen LogP) is 2.59. The zero-order valence-corrected chi connectivity index (χ0v) is 14.1. The first kappa shape index (κ1) is 15.7. The van der Waals surface area contributed by atoms with E-state index in [0.29, 0.717) is 5.41 Å². The lowest BCUT2D eigenvalue weighted by atomic mass is 9.81. The number of hydrogen-bond donors (Lipinski definition) is 0. The van der Waals surface area contributed by atoms with E-state index in [0.717, 1.165) is 24.6 Å². The summed E-state index contributed by atoms with van der Waals surface area (Å²) in [6, 6.07) is 0.746. The highest BCUT2D eigenvalue weighted by molar-refractivity contribution is 9.09. The molecule has 0 spiro atoms. The van der Waals surface area contributed by atoms with Crippen LogP contribution in [-0.4, -0.2) is 67.1 Å². The average Bonchev–Trinajstić information content (AvgIpc) is 2.48. The molecule has 1 atom stereocenters. The zero-order chi connectivity index (χ0) is 13.7. The Hall–Kier alpha value is 0.360. The minimum Gasteiger partial charge on any atom is -0.381 e. The lowest BCUT2D eigenvalue weighted by molar-refractivity contribution is -0.00330. The van der Waals surface area contributed by atoms with E-state index in [4.69, 9.17) is 4.74 Å². The average molecular weight is 333 g/mol. The number of nitrogens with zero attached hydrogens (tertiary/aromatic N) is 2. The predicted molar refractivity (Wildman–Crippen MR) is 84.0 cm³/mol. The molecule has 19 heavy (non-hydrogen) atoms. The molecular formula is C15H29BrN2O. The Labute approximate surface area is 126 Å². The Morgan fingerprint density at radius 2 is 1.79 bits per heavy atom. The molecule has 2 fully saturated rings. The van der Waals surface area contributed by atoms with Crippen molar-refractivity contribution < 1.29 is 4.74 Å². The van der Waals surface area contributed by atoms with Crippen molar-refractivity contribution in [3.63, 3.8) is 0 Å². The van der Waals surface area contributed by atoms with Crippen molar-refractivity contribution in [3.8, 4) is 0 Å². The van der Waals surface area contributed by atoms with E-state index in [1.165, 1.54) is 52.0 Å². The van der Waals surface area contributed by atoms with E-state index < -0.39 is 0 Å². The Kier molecular flexibility index (Phi) is 6.12. The second-order valence-electron chi connectivity index (χ2n) is 6.32. The third-order valence-corrected chi connectivity index (χ3v) is 6.21. The molecule has 112 valence electrons. The molecule has 0 aliphatic carbocycles. The van der Waals surface area contributed by atoms with Gasteiger partial charge in [-0.2, -0.15) is 0 Å². The molecule has 1 unspecified atom stereocenters. The van der Waals surface area contributed by atoms with Crippen LogP contribution < -0.4 is 0 Å². The maximum absolute atomic E-state index is 5.53. The van der Waals surface area contributed by atoms with Gasteiger partial charge < -0.3 is 9.64 Å². The van der Waals surface area contributed by atoms with E-state index in [2.05, 4.69) is 39.6 Å². The summed E-state index contributed by atoms with van der Waals surface area (Å²) in [6.07, 6.45) is 3.69. The summed E-state index contributed by atoms with van der Waals surface area (Å²) in [5.74, 6) is 0. The van der Waals surface area contributed by atoms with Crippen molar-refractivity contribution in [2.24, 2.45) is 5.41 Å². The summed E-state index contributed by atoms with van der Waals surface area (Å²) < 4.78 is 5.53. The van der Waals surface area contributed by atoms with Crippen LogP contribution in [-0.2, 0) is 4.74 Å². The van der Waals surface area contributed by atoms with Crippen LogP contribution in [0.1, 0.15) is 33.1 Å². The number of alkyl halides is 1. The number of rotatable bonds is 5. The quantitative estimate of drug-likeness (QED) is 0.720. The molecule has 0 saturated carbocycles. The first-order valence-corrected chi connectivity index (χ1v) is 8.91. The van der Waals surface area contributed by atoms with Crippen LogP contribution in [0.2, 0.25) is 0 Å². The first-order valence-electron chi connectivity index (χ1n) is 7.79. The Balaban J connectivity index is 1.81. The molecule has 0 aromatic heterocycles. The van der Waals surface area contributed by atoms with Gasteiger partial charge in [0.2, 0.25) is 0 Å². The number of piperazine rings is 1. The molecule has 0 amide bonds. The second-order valence-corrected chi connectivity index (χ2v) is 6.88. The molecule has 2 saturated heterocycles. The third-order valence-electron chi connectivity index (χ3n) is 5.02. The van der Waals surface area contributed by atoms with Gasteiger partial charge >= 0.3 is 0 Å². The molecule has 4 heteroatoms. The maximum Gasteiger partial charge on any atom is 0.0472 e. The SMILES string of the molecule is CCC(C)N1CCN(CC2(CBr)CCOCC2)CC1. The summed E-state index contributed by atoms with van der Waals surface area (Å²) in [5, 5.41) is 1.12. The fraction of sp³-hybridized carbons (Fsp3) is 1.00. The van der Waals surface area contributed by atoms with Gasteiger partial charge in [-0.1, -0.05) is 22.9 Å². The molecule has 3 nitrogen and oxygen atoms in total. The van der Waals surface area contributed by atoms with E-state index in [1.54, 1.807) is 0 Å². The van der Waals surface area contributed by atoms with E-state index in [9.17, 15) is 0 Å². The molecule has 2 aliphatic heterocycles. The van der Waals surface area contributed by atoms with Crippen LogP contribution in [0, 0.1) is 5.41 Å². The molecular weight excluding hydrogens is 304 g/mol. The lowest BCUT2D eigenvalue weighted by Crippen LogP contribution is -2.53. The standard InChI is InChI=1S/C15H29BrN2O/c1-3-14(2)18-8-6-17(7-9-18)13-15(12-16)4-10-19-11-5-15/h14H,3-13H2,1-2H3. The van der Waals surface area contributed by atoms with Crippen molar-refractivity contribution in [1.82, 2.24) is 9.80 Å². The molecule has 0 N–H and O–H groups in total. The highest BCUT2D eigenvalue weighted by Crippen LogP contribution is 2.33. The van der Waals surface area contributed by atoms with Crippen LogP contribution in [0.15, 0.2) is 0 Å². The van der Waals surface area contributed by atoms with Crippen molar-refractivity contribution in [2.75, 3.05) is 51.3 Å². The van der Waals surface area contributed by atoms with Gasteiger partial charge in [0.15, 0.2) is 0 Å². The normalized spacial score (nSPS) is 27.3. The molecule has 0 aromatic carbocycles. The van der Waals surface area contributed by atoms with Crippen LogP contribution in [0.25, 0.3) is 0 Å². The van der Waals surface area contributed by atoms with Crippen molar-refractivity contribution in [1.29, 1.82) is 0 Å². The molecule has 0 aromatic rings. The van der Waals surface area contributed by atoms with Gasteiger partial charge in [-0.25, -0.2) is 0 Å². The third kappa shape index (κ3) is 4.16. The van der Waals surface area contributed by atoms with Crippen molar-refractivity contribution in [3.05, 3.63) is 0 Å². The number of hydrogen-bond acceptors (Lipinski definition) is 3. The highest BCUT2D eigenvalue weighted by Gasteiger charge is 2.34. The lowest BCUT2D eigenvalue weighted by Gasteiger charge is -2.44. The highest BCUT2D eigenvalue weighted by atomic mass is 79.9. The summed E-state index contributed by atoms with van der Waals surface area (Å²) in [5.41, 5.74) is 0.455. The van der Waals surface area contributed by atoms with Gasteiger partial charge in [-0.3, -0.25) is 4.90 Å². The zero-order valence-electron chi connectivity index (χ0n) is 12.5. The molecule has 2 heterocycles. The van der Waals surface area contributed by atoms with Gasteiger partial charge in [0.05, 0.1) is 0 Å². The van der Waals surface area contributed by atoms with E-state index in [1.807, 2.05) is 0 Å².